The van der Waals surface area contributed by atoms with Gasteiger partial charge in [-0.2, -0.15) is 9.78 Å². The van der Waals surface area contributed by atoms with E-state index in [1.165, 1.54) is 4.68 Å². The van der Waals surface area contributed by atoms with Crippen molar-refractivity contribution in [1.82, 2.24) is 9.66 Å². The van der Waals surface area contributed by atoms with Crippen LogP contribution in [0.1, 0.15) is 11.4 Å². The van der Waals surface area contributed by atoms with Crippen molar-refractivity contribution in [2.24, 2.45) is 5.10 Å². The molecule has 0 fully saturated rings. The van der Waals surface area contributed by atoms with Crippen molar-refractivity contribution < 1.29 is 4.74 Å². The second kappa shape index (κ2) is 6.91. The topological polar surface area (TPSA) is 56.5 Å². The minimum atomic E-state index is -0.196. The van der Waals surface area contributed by atoms with Crippen LogP contribution < -0.4 is 10.3 Å². The molecule has 0 N–H and O–H groups in total. The van der Waals surface area contributed by atoms with Crippen LogP contribution in [0.2, 0.25) is 0 Å². The van der Waals surface area contributed by atoms with Gasteiger partial charge in [-0.25, -0.2) is 4.98 Å². The van der Waals surface area contributed by atoms with Crippen molar-refractivity contribution in [2.75, 3.05) is 6.61 Å². The fraction of sp³-hybridized carbons (Fsp3) is 0.105. The van der Waals surface area contributed by atoms with Crippen LogP contribution in [0, 0.1) is 6.92 Å². The Kier molecular flexibility index (Phi) is 4.52. The Hall–Kier alpha value is -3.21. The molecular formula is C19H17N3O2. The minimum Gasteiger partial charge on any atom is -0.489 e. The Bertz CT molecular complexity index is 974. The first-order valence-corrected chi connectivity index (χ1v) is 7.56. The lowest BCUT2D eigenvalue weighted by molar-refractivity contribution is 0.362. The zero-order valence-electron chi connectivity index (χ0n) is 13.3. The molecule has 0 amide bonds. The lowest BCUT2D eigenvalue weighted by atomic mass is 10.2. The predicted molar refractivity (Wildman–Crippen MR) is 95.9 cm³/mol. The summed E-state index contributed by atoms with van der Waals surface area (Å²) in [5.74, 6) is 1.21. The van der Waals surface area contributed by atoms with E-state index in [0.717, 1.165) is 5.56 Å². The molecular weight excluding hydrogens is 302 g/mol. The van der Waals surface area contributed by atoms with Gasteiger partial charge in [-0.1, -0.05) is 36.9 Å². The number of hydrogen-bond donors (Lipinski definition) is 0. The zero-order chi connectivity index (χ0) is 16.9. The van der Waals surface area contributed by atoms with Gasteiger partial charge in [-0.3, -0.25) is 4.79 Å². The molecule has 0 spiro atoms. The molecule has 2 aromatic carbocycles. The van der Waals surface area contributed by atoms with Crippen LogP contribution in [0.3, 0.4) is 0 Å². The summed E-state index contributed by atoms with van der Waals surface area (Å²) >= 11 is 0. The zero-order valence-corrected chi connectivity index (χ0v) is 13.3. The molecule has 120 valence electrons. The number of nitrogens with zero attached hydrogens (tertiary/aromatic N) is 3. The Morgan fingerprint density at radius 1 is 1.21 bits per heavy atom. The SMILES string of the molecule is C=CCOc1ccccc1/C=N\n1c(C)nc2ccccc2c1=O. The van der Waals surface area contributed by atoms with E-state index in [1.54, 1.807) is 25.3 Å². The quantitative estimate of drug-likeness (QED) is 0.536. The number of rotatable bonds is 5. The number of hydrogen-bond acceptors (Lipinski definition) is 4. The Labute approximate surface area is 139 Å². The number of benzene rings is 2. The molecule has 0 atom stereocenters. The Morgan fingerprint density at radius 2 is 1.96 bits per heavy atom. The van der Waals surface area contributed by atoms with Crippen LogP contribution in [0.4, 0.5) is 0 Å². The standard InChI is InChI=1S/C19H17N3O2/c1-3-12-24-18-11-7-4-8-15(18)13-20-22-14(2)21-17-10-6-5-9-16(17)19(22)23/h3-11,13H,1,12H2,2H3/b20-13-. The van der Waals surface area contributed by atoms with E-state index < -0.39 is 0 Å². The fourth-order valence-electron chi connectivity index (χ4n) is 2.36. The molecule has 1 aromatic heterocycles. The fourth-order valence-corrected chi connectivity index (χ4v) is 2.36. The van der Waals surface area contributed by atoms with Gasteiger partial charge >= 0.3 is 0 Å². The van der Waals surface area contributed by atoms with E-state index in [-0.39, 0.29) is 5.56 Å². The van der Waals surface area contributed by atoms with Crippen LogP contribution in [0.25, 0.3) is 10.9 Å². The van der Waals surface area contributed by atoms with Gasteiger partial charge in [-0.15, -0.1) is 0 Å². The highest BCUT2D eigenvalue weighted by atomic mass is 16.5. The van der Waals surface area contributed by atoms with Gasteiger partial charge in [0.1, 0.15) is 18.2 Å². The average molecular weight is 319 g/mol. The highest BCUT2D eigenvalue weighted by molar-refractivity contribution is 5.83. The van der Waals surface area contributed by atoms with Gasteiger partial charge in [-0.05, 0) is 31.2 Å². The smallest absolute Gasteiger partial charge is 0.282 e. The van der Waals surface area contributed by atoms with E-state index >= 15 is 0 Å². The molecule has 0 aliphatic carbocycles. The summed E-state index contributed by atoms with van der Waals surface area (Å²) in [4.78, 5) is 17.0. The minimum absolute atomic E-state index is 0.196. The van der Waals surface area contributed by atoms with Crippen LogP contribution in [-0.4, -0.2) is 22.5 Å². The molecule has 0 bridgehead atoms. The molecule has 5 nitrogen and oxygen atoms in total. The largest absolute Gasteiger partial charge is 0.489 e. The van der Waals surface area contributed by atoms with Crippen molar-refractivity contribution in [1.29, 1.82) is 0 Å². The number of ether oxygens (including phenoxy) is 1. The maximum atomic E-state index is 12.6. The molecule has 24 heavy (non-hydrogen) atoms. The first-order valence-electron chi connectivity index (χ1n) is 7.56. The van der Waals surface area contributed by atoms with E-state index in [0.29, 0.717) is 29.1 Å². The normalized spacial score (nSPS) is 11.0. The van der Waals surface area contributed by atoms with Crippen molar-refractivity contribution >= 4 is 17.1 Å². The number of para-hydroxylation sites is 2. The van der Waals surface area contributed by atoms with Gasteiger partial charge < -0.3 is 4.74 Å². The Balaban J connectivity index is 2.03. The number of aryl methyl sites for hydroxylation is 1. The molecule has 0 saturated carbocycles. The third kappa shape index (κ3) is 3.10. The molecule has 5 heteroatoms. The number of fused-ring (bicyclic) bond motifs is 1. The lowest BCUT2D eigenvalue weighted by Gasteiger charge is -2.07. The monoisotopic (exact) mass is 319 g/mol. The summed E-state index contributed by atoms with van der Waals surface area (Å²) in [7, 11) is 0. The summed E-state index contributed by atoms with van der Waals surface area (Å²) in [6, 6.07) is 14.7. The molecule has 0 aliphatic heterocycles. The molecule has 0 unspecified atom stereocenters. The predicted octanol–water partition coefficient (Wildman–Crippen LogP) is 3.15. The molecule has 1 heterocycles. The third-order valence-electron chi connectivity index (χ3n) is 3.50. The lowest BCUT2D eigenvalue weighted by Crippen LogP contribution is -2.20. The second-order valence-electron chi connectivity index (χ2n) is 5.18. The van der Waals surface area contributed by atoms with E-state index in [4.69, 9.17) is 4.74 Å². The molecule has 0 radical (unpaired) electrons. The van der Waals surface area contributed by atoms with E-state index in [1.807, 2.05) is 42.5 Å². The molecule has 3 aromatic rings. The van der Waals surface area contributed by atoms with E-state index in [9.17, 15) is 4.79 Å². The first kappa shape index (κ1) is 15.7. The van der Waals surface area contributed by atoms with Crippen molar-refractivity contribution in [2.45, 2.75) is 6.92 Å². The summed E-state index contributed by atoms with van der Waals surface area (Å²) in [5.41, 5.74) is 1.25. The third-order valence-corrected chi connectivity index (χ3v) is 3.50. The maximum absolute atomic E-state index is 12.6. The van der Waals surface area contributed by atoms with Crippen LogP contribution >= 0.6 is 0 Å². The van der Waals surface area contributed by atoms with Crippen molar-refractivity contribution in [3.05, 3.63) is 82.9 Å². The van der Waals surface area contributed by atoms with Gasteiger partial charge in [0, 0.05) is 5.56 Å². The van der Waals surface area contributed by atoms with Crippen LogP contribution in [0.5, 0.6) is 5.75 Å². The van der Waals surface area contributed by atoms with Crippen molar-refractivity contribution in [3.8, 4) is 5.75 Å². The summed E-state index contributed by atoms with van der Waals surface area (Å²) in [5, 5.41) is 4.84. The van der Waals surface area contributed by atoms with Gasteiger partial charge in [0.05, 0.1) is 17.1 Å². The number of aromatic nitrogens is 2. The van der Waals surface area contributed by atoms with Crippen molar-refractivity contribution in [3.63, 3.8) is 0 Å². The van der Waals surface area contributed by atoms with Gasteiger partial charge in [0.15, 0.2) is 0 Å². The average Bonchev–Trinajstić information content (AvgIpc) is 2.60. The molecule has 0 saturated heterocycles. The van der Waals surface area contributed by atoms with Crippen LogP contribution in [0.15, 0.2) is 71.1 Å². The molecule has 3 rings (SSSR count). The van der Waals surface area contributed by atoms with Gasteiger partial charge in [0.25, 0.3) is 5.56 Å². The molecule has 0 aliphatic rings. The van der Waals surface area contributed by atoms with Gasteiger partial charge in [0.2, 0.25) is 0 Å². The summed E-state index contributed by atoms with van der Waals surface area (Å²) < 4.78 is 6.89. The second-order valence-corrected chi connectivity index (χ2v) is 5.18. The van der Waals surface area contributed by atoms with Crippen LogP contribution in [-0.2, 0) is 0 Å². The maximum Gasteiger partial charge on any atom is 0.282 e. The highest BCUT2D eigenvalue weighted by Gasteiger charge is 2.07. The first-order chi connectivity index (χ1) is 11.7. The van der Waals surface area contributed by atoms with E-state index in [2.05, 4.69) is 16.7 Å². The summed E-state index contributed by atoms with van der Waals surface area (Å²) in [6.07, 6.45) is 3.28. The Morgan fingerprint density at radius 3 is 2.79 bits per heavy atom. The highest BCUT2D eigenvalue weighted by Crippen LogP contribution is 2.16. The summed E-state index contributed by atoms with van der Waals surface area (Å²) in [6.45, 7) is 5.80.